The third-order valence-corrected chi connectivity index (χ3v) is 5.89. The van der Waals surface area contributed by atoms with Crippen molar-refractivity contribution in [2.45, 2.75) is 0 Å². The van der Waals surface area contributed by atoms with Gasteiger partial charge in [-0.1, -0.05) is 11.3 Å². The molecule has 1 aromatic heterocycles. The maximum absolute atomic E-state index is 12.0. The van der Waals surface area contributed by atoms with E-state index in [4.69, 9.17) is 19.2 Å². The highest BCUT2D eigenvalue weighted by Crippen LogP contribution is 2.31. The first-order valence-corrected chi connectivity index (χ1v) is 10.2. The average molecular weight is 404 g/mol. The van der Waals surface area contributed by atoms with Crippen molar-refractivity contribution >= 4 is 32.6 Å². The summed E-state index contributed by atoms with van der Waals surface area (Å²) < 4.78 is 16.8. The van der Waals surface area contributed by atoms with Crippen molar-refractivity contribution in [2.75, 3.05) is 64.5 Å². The summed E-state index contributed by atoms with van der Waals surface area (Å²) in [5.41, 5.74) is 1.01. The number of carbonyl (C=O) groups excluding carboxylic acids is 1. The minimum Gasteiger partial charge on any atom is -0.497 e. The maximum atomic E-state index is 12.0. The number of carbonyl (C=O) groups is 1. The molecule has 0 atom stereocenters. The molecule has 8 nitrogen and oxygen atoms in total. The lowest BCUT2D eigenvalue weighted by molar-refractivity contribution is -0.122. The molecular formula is C19H24N4O4S. The summed E-state index contributed by atoms with van der Waals surface area (Å²) in [6.07, 6.45) is 1.38. The van der Waals surface area contributed by atoms with Crippen LogP contribution >= 0.6 is 11.3 Å². The van der Waals surface area contributed by atoms with E-state index in [1.165, 1.54) is 6.26 Å². The topological polar surface area (TPSA) is 76.2 Å². The molecule has 1 amide bonds. The summed E-state index contributed by atoms with van der Waals surface area (Å²) in [6.45, 7) is 6.03. The van der Waals surface area contributed by atoms with E-state index in [9.17, 15) is 4.79 Å². The Morgan fingerprint density at radius 3 is 2.89 bits per heavy atom. The van der Waals surface area contributed by atoms with Gasteiger partial charge in [-0.3, -0.25) is 9.69 Å². The molecule has 28 heavy (non-hydrogen) atoms. The number of thiazole rings is 1. The van der Waals surface area contributed by atoms with Crippen LogP contribution in [-0.2, 0) is 14.3 Å². The predicted molar refractivity (Wildman–Crippen MR) is 108 cm³/mol. The summed E-state index contributed by atoms with van der Waals surface area (Å²) in [5, 5.41) is 3.93. The van der Waals surface area contributed by atoms with E-state index >= 15 is 0 Å². The summed E-state index contributed by atoms with van der Waals surface area (Å²) in [6, 6.07) is 5.98. The number of fused-ring (bicyclic) bond motifs is 1. The van der Waals surface area contributed by atoms with Crippen molar-refractivity contribution in [1.29, 1.82) is 0 Å². The van der Waals surface area contributed by atoms with E-state index in [0.717, 1.165) is 53.8 Å². The van der Waals surface area contributed by atoms with Gasteiger partial charge >= 0.3 is 0 Å². The van der Waals surface area contributed by atoms with Gasteiger partial charge in [-0.15, -0.1) is 0 Å². The highest BCUT2D eigenvalue weighted by Gasteiger charge is 2.20. The first-order valence-electron chi connectivity index (χ1n) is 9.37. The Morgan fingerprint density at radius 2 is 2.14 bits per heavy atom. The first-order chi connectivity index (χ1) is 13.7. The van der Waals surface area contributed by atoms with Crippen LogP contribution in [0.2, 0.25) is 0 Å². The van der Waals surface area contributed by atoms with Crippen molar-refractivity contribution < 1.29 is 19.0 Å². The molecule has 2 aliphatic rings. The molecule has 1 N–H and O–H groups in total. The zero-order valence-electron chi connectivity index (χ0n) is 15.8. The molecule has 0 spiro atoms. The van der Waals surface area contributed by atoms with E-state index in [1.807, 2.05) is 18.2 Å². The second-order valence-electron chi connectivity index (χ2n) is 6.62. The molecule has 1 fully saturated rings. The number of benzene rings is 1. The Balaban J connectivity index is 1.24. The first kappa shape index (κ1) is 18.8. The van der Waals surface area contributed by atoms with Crippen LogP contribution in [0, 0.1) is 0 Å². The number of piperazine rings is 1. The number of aromatic nitrogens is 1. The van der Waals surface area contributed by atoms with E-state index < -0.39 is 0 Å². The fraction of sp³-hybridized carbons (Fsp3) is 0.474. The number of amides is 1. The van der Waals surface area contributed by atoms with Gasteiger partial charge in [-0.05, 0) is 18.2 Å². The standard InChI is InChI=1S/C19H24N4O4S/c1-25-14-2-3-15-17(12-14)28-19(21-15)23-8-6-22(7-9-23)5-4-20-18(24)16-13-26-10-11-27-16/h2-3,12-13H,4-11H2,1H3,(H,20,24). The highest BCUT2D eigenvalue weighted by atomic mass is 32.1. The Kier molecular flexibility index (Phi) is 5.82. The molecule has 0 bridgehead atoms. The van der Waals surface area contributed by atoms with Gasteiger partial charge in [0.05, 0.1) is 17.3 Å². The predicted octanol–water partition coefficient (Wildman–Crippen LogP) is 1.43. The number of nitrogens with one attached hydrogen (secondary N) is 1. The summed E-state index contributed by atoms with van der Waals surface area (Å²) in [4.78, 5) is 21.4. The molecule has 0 unspecified atom stereocenters. The second kappa shape index (κ2) is 8.66. The van der Waals surface area contributed by atoms with E-state index in [1.54, 1.807) is 18.4 Å². The molecule has 2 aromatic rings. The van der Waals surface area contributed by atoms with Gasteiger partial charge in [0.15, 0.2) is 5.13 Å². The molecule has 2 aliphatic heterocycles. The van der Waals surface area contributed by atoms with Gasteiger partial charge in [0.25, 0.3) is 5.91 Å². The minimum atomic E-state index is -0.219. The van der Waals surface area contributed by atoms with Crippen LogP contribution in [0.5, 0.6) is 5.75 Å². The van der Waals surface area contributed by atoms with Crippen LogP contribution in [0.25, 0.3) is 10.2 Å². The van der Waals surface area contributed by atoms with Gasteiger partial charge in [-0.25, -0.2) is 4.98 Å². The number of anilines is 1. The molecule has 4 rings (SSSR count). The zero-order valence-corrected chi connectivity index (χ0v) is 16.7. The quantitative estimate of drug-likeness (QED) is 0.781. The molecule has 9 heteroatoms. The van der Waals surface area contributed by atoms with Gasteiger partial charge in [0.2, 0.25) is 5.76 Å². The molecule has 150 valence electrons. The Labute approximate surface area is 167 Å². The molecule has 0 saturated carbocycles. The fourth-order valence-corrected chi connectivity index (χ4v) is 4.27. The van der Waals surface area contributed by atoms with Crippen LogP contribution in [-0.4, -0.2) is 75.4 Å². The lowest BCUT2D eigenvalue weighted by atomic mass is 10.3. The van der Waals surface area contributed by atoms with Crippen LogP contribution in [0.3, 0.4) is 0 Å². The average Bonchev–Trinajstić information content (AvgIpc) is 3.18. The van der Waals surface area contributed by atoms with Gasteiger partial charge in [-0.2, -0.15) is 0 Å². The van der Waals surface area contributed by atoms with Crippen LogP contribution in [0.15, 0.2) is 30.2 Å². The largest absolute Gasteiger partial charge is 0.497 e. The van der Waals surface area contributed by atoms with Crippen molar-refractivity contribution in [3.63, 3.8) is 0 Å². The van der Waals surface area contributed by atoms with Crippen molar-refractivity contribution in [2.24, 2.45) is 0 Å². The Bertz CT molecular complexity index is 861. The van der Waals surface area contributed by atoms with Crippen LogP contribution < -0.4 is 15.0 Å². The Hall–Kier alpha value is -2.52. The fourth-order valence-electron chi connectivity index (χ4n) is 3.22. The highest BCUT2D eigenvalue weighted by molar-refractivity contribution is 7.22. The molecule has 0 aliphatic carbocycles. The molecule has 0 radical (unpaired) electrons. The number of hydrogen-bond donors (Lipinski definition) is 1. The lowest BCUT2D eigenvalue weighted by Gasteiger charge is -2.34. The minimum absolute atomic E-state index is 0.219. The van der Waals surface area contributed by atoms with E-state index in [0.29, 0.717) is 19.8 Å². The normalized spacial score (nSPS) is 17.6. The number of hydrogen-bond acceptors (Lipinski definition) is 8. The third-order valence-electron chi connectivity index (χ3n) is 4.81. The number of nitrogens with zero attached hydrogens (tertiary/aromatic N) is 3. The van der Waals surface area contributed by atoms with Crippen molar-refractivity contribution in [3.8, 4) is 5.75 Å². The van der Waals surface area contributed by atoms with Crippen molar-refractivity contribution in [3.05, 3.63) is 30.2 Å². The van der Waals surface area contributed by atoms with Gasteiger partial charge in [0.1, 0.15) is 25.2 Å². The van der Waals surface area contributed by atoms with Gasteiger partial charge < -0.3 is 24.4 Å². The second-order valence-corrected chi connectivity index (χ2v) is 7.63. The zero-order chi connectivity index (χ0) is 19.3. The summed E-state index contributed by atoms with van der Waals surface area (Å²) in [5.74, 6) is 0.891. The lowest BCUT2D eigenvalue weighted by Crippen LogP contribution is -2.48. The van der Waals surface area contributed by atoms with Gasteiger partial charge in [0, 0.05) is 39.3 Å². The molecule has 1 saturated heterocycles. The number of rotatable bonds is 6. The smallest absolute Gasteiger partial charge is 0.289 e. The summed E-state index contributed by atoms with van der Waals surface area (Å²) >= 11 is 1.70. The van der Waals surface area contributed by atoms with Crippen LogP contribution in [0.1, 0.15) is 0 Å². The van der Waals surface area contributed by atoms with Crippen LogP contribution in [0.4, 0.5) is 5.13 Å². The van der Waals surface area contributed by atoms with E-state index in [-0.39, 0.29) is 11.7 Å². The monoisotopic (exact) mass is 404 g/mol. The Morgan fingerprint density at radius 1 is 1.29 bits per heavy atom. The maximum Gasteiger partial charge on any atom is 0.289 e. The third kappa shape index (κ3) is 4.31. The number of methoxy groups -OCH3 is 1. The molecule has 1 aromatic carbocycles. The van der Waals surface area contributed by atoms with Crippen molar-refractivity contribution in [1.82, 2.24) is 15.2 Å². The molecule has 3 heterocycles. The van der Waals surface area contributed by atoms with E-state index in [2.05, 4.69) is 15.1 Å². The number of ether oxygens (including phenoxy) is 3. The SMILES string of the molecule is COc1ccc2nc(N3CCN(CCNC(=O)C4=COCCO4)CC3)sc2c1. The molecular weight excluding hydrogens is 380 g/mol. The summed E-state index contributed by atoms with van der Waals surface area (Å²) in [7, 11) is 1.68.